The van der Waals surface area contributed by atoms with E-state index in [0.29, 0.717) is 19.2 Å². The van der Waals surface area contributed by atoms with E-state index in [1.54, 1.807) is 0 Å². The lowest BCUT2D eigenvalue weighted by molar-refractivity contribution is -0.119. The number of hydrogen-bond acceptors (Lipinski definition) is 2. The van der Waals surface area contributed by atoms with E-state index in [-0.39, 0.29) is 5.91 Å². The summed E-state index contributed by atoms with van der Waals surface area (Å²) in [5.41, 5.74) is 1.14. The molecule has 1 amide bonds. The Bertz CT molecular complexity index is 488. The van der Waals surface area contributed by atoms with E-state index in [1.807, 2.05) is 51.2 Å². The monoisotopic (exact) mass is 571 g/mol. The molecule has 0 aliphatic heterocycles. The zero-order chi connectivity index (χ0) is 13.2. The summed E-state index contributed by atoms with van der Waals surface area (Å²) >= 11 is 6.16. The molecule has 0 spiro atoms. The molecule has 17 heavy (non-hydrogen) atoms. The average Bonchev–Trinajstić information content (AvgIpc) is 2.14. The molecular formula is C10H8I3NO3. The summed E-state index contributed by atoms with van der Waals surface area (Å²) in [4.78, 5) is 22.0. The molecule has 0 heterocycles. The van der Waals surface area contributed by atoms with Crippen LogP contribution in [0.1, 0.15) is 22.8 Å². The van der Waals surface area contributed by atoms with Gasteiger partial charge in [0, 0.05) is 24.2 Å². The summed E-state index contributed by atoms with van der Waals surface area (Å²) in [5.74, 6) is -1.08. The summed E-state index contributed by atoms with van der Waals surface area (Å²) < 4.78 is 2.34. The number of halogens is 3. The van der Waals surface area contributed by atoms with Gasteiger partial charge in [-0.15, -0.1) is 0 Å². The third kappa shape index (κ3) is 3.91. The van der Waals surface area contributed by atoms with E-state index >= 15 is 0 Å². The molecule has 92 valence electrons. The third-order valence-electron chi connectivity index (χ3n) is 1.99. The highest BCUT2D eigenvalue weighted by Crippen LogP contribution is 2.27. The zero-order valence-electron chi connectivity index (χ0n) is 8.68. The number of carbonyl (C=O) groups excluding carboxylic acids is 1. The Morgan fingerprint density at radius 2 is 1.88 bits per heavy atom. The summed E-state index contributed by atoms with van der Waals surface area (Å²) in [5, 5.41) is 11.8. The minimum atomic E-state index is -0.945. The van der Waals surface area contributed by atoms with Gasteiger partial charge in [-0.1, -0.05) is 0 Å². The number of nitrogens with one attached hydrogen (secondary N) is 1. The van der Waals surface area contributed by atoms with Crippen molar-refractivity contribution in [2.24, 2.45) is 0 Å². The maximum Gasteiger partial charge on any atom is 0.337 e. The number of aromatic carboxylic acids is 1. The second kappa shape index (κ2) is 6.50. The van der Waals surface area contributed by atoms with Gasteiger partial charge in [0.2, 0.25) is 5.91 Å². The number of carboxylic acid groups (broad SMARTS) is 1. The molecule has 1 aromatic rings. The summed E-state index contributed by atoms with van der Waals surface area (Å²) in [6.07, 6.45) is 0. The van der Waals surface area contributed by atoms with E-state index in [4.69, 9.17) is 5.11 Å². The lowest BCUT2D eigenvalue weighted by Crippen LogP contribution is -2.21. The molecule has 0 aliphatic rings. The average molecular weight is 571 g/mol. The van der Waals surface area contributed by atoms with Crippen LogP contribution in [0.2, 0.25) is 0 Å². The maximum absolute atomic E-state index is 11.1. The van der Waals surface area contributed by atoms with E-state index in [9.17, 15) is 9.59 Å². The van der Waals surface area contributed by atoms with Gasteiger partial charge >= 0.3 is 5.97 Å². The van der Waals surface area contributed by atoms with Gasteiger partial charge in [-0.05, 0) is 79.4 Å². The number of carbonyl (C=O) groups is 2. The van der Waals surface area contributed by atoms with Crippen molar-refractivity contribution >= 4 is 79.6 Å². The third-order valence-corrected chi connectivity index (χ3v) is 5.00. The number of hydrogen-bond donors (Lipinski definition) is 2. The molecule has 0 fully saturated rings. The predicted molar refractivity (Wildman–Crippen MR) is 89.1 cm³/mol. The van der Waals surface area contributed by atoms with Gasteiger partial charge in [-0.3, -0.25) is 4.79 Å². The van der Waals surface area contributed by atoms with Crippen LogP contribution in [0.15, 0.2) is 6.07 Å². The van der Waals surface area contributed by atoms with Gasteiger partial charge in [-0.25, -0.2) is 4.79 Å². The fourth-order valence-electron chi connectivity index (χ4n) is 1.20. The Morgan fingerprint density at radius 1 is 1.29 bits per heavy atom. The standard InChI is InChI=1S/C10H8I3NO3/c1-4(15)14-3-5-6(11)2-7(12)8(9(5)13)10(16)17/h2H,3H2,1H3,(H,14,15)(H,16,17). The van der Waals surface area contributed by atoms with Crippen molar-refractivity contribution in [3.63, 3.8) is 0 Å². The quantitative estimate of drug-likeness (QED) is 0.550. The van der Waals surface area contributed by atoms with Gasteiger partial charge in [0.1, 0.15) is 0 Å². The second-order valence-corrected chi connectivity index (χ2v) is 6.63. The van der Waals surface area contributed by atoms with Crippen LogP contribution in [0.5, 0.6) is 0 Å². The number of amides is 1. The van der Waals surface area contributed by atoms with Gasteiger partial charge in [0.15, 0.2) is 0 Å². The molecule has 1 rings (SSSR count). The summed E-state index contributed by atoms with van der Waals surface area (Å²) in [7, 11) is 0. The number of rotatable bonds is 3. The second-order valence-electron chi connectivity index (χ2n) is 3.22. The highest BCUT2D eigenvalue weighted by Gasteiger charge is 2.18. The van der Waals surface area contributed by atoms with Gasteiger partial charge in [0.05, 0.1) is 5.56 Å². The Balaban J connectivity index is 3.25. The van der Waals surface area contributed by atoms with Crippen molar-refractivity contribution in [3.8, 4) is 0 Å². The molecule has 0 radical (unpaired) electrons. The molecule has 0 unspecified atom stereocenters. The van der Waals surface area contributed by atoms with E-state index in [2.05, 4.69) is 27.9 Å². The van der Waals surface area contributed by atoms with Crippen LogP contribution >= 0.6 is 67.8 Å². The molecule has 0 aliphatic carbocycles. The van der Waals surface area contributed by atoms with Crippen molar-refractivity contribution in [3.05, 3.63) is 27.9 Å². The molecule has 1 aromatic carbocycles. The van der Waals surface area contributed by atoms with Crippen LogP contribution in [0.3, 0.4) is 0 Å². The minimum Gasteiger partial charge on any atom is -0.478 e. The fraction of sp³-hybridized carbons (Fsp3) is 0.200. The lowest BCUT2D eigenvalue weighted by atomic mass is 10.1. The van der Waals surface area contributed by atoms with Gasteiger partial charge < -0.3 is 10.4 Å². The molecule has 4 nitrogen and oxygen atoms in total. The van der Waals surface area contributed by atoms with Crippen molar-refractivity contribution in [1.29, 1.82) is 0 Å². The molecule has 0 bridgehead atoms. The van der Waals surface area contributed by atoms with Crippen molar-refractivity contribution < 1.29 is 14.7 Å². The van der Waals surface area contributed by atoms with E-state index < -0.39 is 5.97 Å². The molecular weight excluding hydrogens is 563 g/mol. The highest BCUT2D eigenvalue weighted by atomic mass is 127. The summed E-state index contributed by atoms with van der Waals surface area (Å²) in [6.45, 7) is 1.79. The molecule has 0 atom stereocenters. The summed E-state index contributed by atoms with van der Waals surface area (Å²) in [6, 6.07) is 1.81. The van der Waals surface area contributed by atoms with Crippen molar-refractivity contribution in [1.82, 2.24) is 5.32 Å². The number of benzene rings is 1. The van der Waals surface area contributed by atoms with Crippen molar-refractivity contribution in [2.45, 2.75) is 13.5 Å². The first-order valence-corrected chi connectivity index (χ1v) is 7.72. The zero-order valence-corrected chi connectivity index (χ0v) is 15.2. The van der Waals surface area contributed by atoms with Gasteiger partial charge in [0.25, 0.3) is 0 Å². The Labute approximate surface area is 139 Å². The highest BCUT2D eigenvalue weighted by molar-refractivity contribution is 14.1. The molecule has 7 heteroatoms. The first kappa shape index (κ1) is 15.4. The van der Waals surface area contributed by atoms with Crippen LogP contribution in [0.25, 0.3) is 0 Å². The smallest absolute Gasteiger partial charge is 0.337 e. The normalized spacial score (nSPS) is 10.1. The minimum absolute atomic E-state index is 0.132. The van der Waals surface area contributed by atoms with Crippen LogP contribution in [-0.4, -0.2) is 17.0 Å². The Morgan fingerprint density at radius 3 is 2.35 bits per heavy atom. The van der Waals surface area contributed by atoms with Crippen LogP contribution in [-0.2, 0) is 11.3 Å². The van der Waals surface area contributed by atoms with Crippen molar-refractivity contribution in [2.75, 3.05) is 0 Å². The molecule has 0 saturated heterocycles. The Hall–Kier alpha value is 0.350. The fourth-order valence-corrected chi connectivity index (χ4v) is 5.42. The van der Waals surface area contributed by atoms with E-state index in [0.717, 1.165) is 9.13 Å². The number of carboxylic acids is 1. The van der Waals surface area contributed by atoms with Crippen LogP contribution in [0.4, 0.5) is 0 Å². The first-order chi connectivity index (χ1) is 7.84. The molecule has 0 aromatic heterocycles. The largest absolute Gasteiger partial charge is 0.478 e. The van der Waals surface area contributed by atoms with Crippen LogP contribution in [0, 0.1) is 10.7 Å². The predicted octanol–water partition coefficient (Wildman–Crippen LogP) is 2.83. The van der Waals surface area contributed by atoms with Crippen LogP contribution < -0.4 is 5.32 Å². The molecule has 0 saturated carbocycles. The SMILES string of the molecule is CC(=O)NCc1c(I)cc(I)c(C(=O)O)c1I. The van der Waals surface area contributed by atoms with E-state index in [1.165, 1.54) is 6.92 Å². The van der Waals surface area contributed by atoms with Gasteiger partial charge in [-0.2, -0.15) is 0 Å². The Kier molecular flexibility index (Phi) is 5.89. The topological polar surface area (TPSA) is 66.4 Å². The lowest BCUT2D eigenvalue weighted by Gasteiger charge is -2.12. The maximum atomic E-state index is 11.1. The first-order valence-electron chi connectivity index (χ1n) is 4.48. The molecule has 2 N–H and O–H groups in total.